The van der Waals surface area contributed by atoms with Gasteiger partial charge in [-0.2, -0.15) is 16.7 Å². The highest BCUT2D eigenvalue weighted by Crippen LogP contribution is 2.41. The monoisotopic (exact) mass is 269 g/mol. The summed E-state index contributed by atoms with van der Waals surface area (Å²) in [6.07, 6.45) is 3.55. The molecule has 1 fully saturated rings. The van der Waals surface area contributed by atoms with Gasteiger partial charge in [0.15, 0.2) is 0 Å². The Labute approximate surface area is 111 Å². The van der Waals surface area contributed by atoms with Gasteiger partial charge in [0.1, 0.15) is 0 Å². The van der Waals surface area contributed by atoms with Gasteiger partial charge in [-0.05, 0) is 18.6 Å². The molecule has 1 aromatic rings. The predicted molar refractivity (Wildman–Crippen MR) is 73.2 cm³/mol. The number of aromatic nitrogens is 2. The summed E-state index contributed by atoms with van der Waals surface area (Å²) in [7, 11) is 1.57. The zero-order valence-electron chi connectivity index (χ0n) is 10.7. The zero-order chi connectivity index (χ0) is 13.0. The van der Waals surface area contributed by atoms with Crippen LogP contribution in [0.4, 0.5) is 5.95 Å². The van der Waals surface area contributed by atoms with Gasteiger partial charge in [0.2, 0.25) is 11.8 Å². The van der Waals surface area contributed by atoms with Crippen molar-refractivity contribution in [2.45, 2.75) is 30.6 Å². The first-order valence-corrected chi connectivity index (χ1v) is 7.17. The molecule has 0 amide bonds. The first kappa shape index (κ1) is 13.4. The van der Waals surface area contributed by atoms with Crippen molar-refractivity contribution in [3.05, 3.63) is 12.3 Å². The fraction of sp³-hybridized carbons (Fsp3) is 0.667. The van der Waals surface area contributed by atoms with Crippen molar-refractivity contribution in [1.29, 1.82) is 0 Å². The summed E-state index contributed by atoms with van der Waals surface area (Å²) < 4.78 is 5.03. The topological polar surface area (TPSA) is 67.3 Å². The maximum Gasteiger partial charge on any atom is 0.226 e. The van der Waals surface area contributed by atoms with E-state index in [-0.39, 0.29) is 0 Å². The molecule has 1 aromatic heterocycles. The lowest BCUT2D eigenvalue weighted by Gasteiger charge is -2.45. The molecular weight excluding hydrogens is 250 g/mol. The molecule has 0 saturated heterocycles. The average Bonchev–Trinajstić information content (AvgIpc) is 2.41. The Bertz CT molecular complexity index is 405. The summed E-state index contributed by atoms with van der Waals surface area (Å²) in [5.41, 5.74) is -0.632. The van der Waals surface area contributed by atoms with E-state index in [9.17, 15) is 5.11 Å². The van der Waals surface area contributed by atoms with Crippen LogP contribution in [0.25, 0.3) is 0 Å². The van der Waals surface area contributed by atoms with E-state index < -0.39 is 5.60 Å². The molecule has 2 rings (SSSR count). The first-order valence-electron chi connectivity index (χ1n) is 6.13. The molecule has 2 N–H and O–H groups in total. The highest BCUT2D eigenvalue weighted by molar-refractivity contribution is 8.00. The number of ether oxygens (including phenoxy) is 1. The molecule has 0 spiro atoms. The van der Waals surface area contributed by atoms with Crippen LogP contribution in [-0.4, -0.2) is 45.3 Å². The van der Waals surface area contributed by atoms with Crippen LogP contribution in [-0.2, 0) is 0 Å². The predicted octanol–water partition coefficient (Wildman–Crippen LogP) is 1.54. The molecule has 2 atom stereocenters. The van der Waals surface area contributed by atoms with Crippen molar-refractivity contribution >= 4 is 17.7 Å². The Morgan fingerprint density at radius 2 is 2.50 bits per heavy atom. The Balaban J connectivity index is 1.90. The number of anilines is 1. The van der Waals surface area contributed by atoms with Crippen LogP contribution >= 0.6 is 11.8 Å². The number of rotatable bonds is 6. The van der Waals surface area contributed by atoms with Gasteiger partial charge in [-0.1, -0.05) is 6.92 Å². The van der Waals surface area contributed by atoms with Crippen LogP contribution in [0.5, 0.6) is 5.88 Å². The maximum absolute atomic E-state index is 10.4. The Hall–Kier alpha value is -1.01. The number of hydrogen-bond acceptors (Lipinski definition) is 6. The van der Waals surface area contributed by atoms with Crippen molar-refractivity contribution in [1.82, 2.24) is 9.97 Å². The first-order chi connectivity index (χ1) is 8.68. The third kappa shape index (κ3) is 2.87. The molecule has 2 unspecified atom stereocenters. The maximum atomic E-state index is 10.4. The van der Waals surface area contributed by atoms with Crippen molar-refractivity contribution < 1.29 is 9.84 Å². The standard InChI is InChI=1S/C12H19N3O2S/c1-3-18-9-4-6-12(9,16)8-14-11-13-7-5-10(15-11)17-2/h5,7,9,16H,3-4,6,8H2,1-2H3,(H,13,14,15). The van der Waals surface area contributed by atoms with Gasteiger partial charge in [0.25, 0.3) is 0 Å². The molecule has 5 nitrogen and oxygen atoms in total. The molecule has 1 aliphatic rings. The summed E-state index contributed by atoms with van der Waals surface area (Å²) in [4.78, 5) is 8.26. The largest absolute Gasteiger partial charge is 0.481 e. The van der Waals surface area contributed by atoms with E-state index in [2.05, 4.69) is 22.2 Å². The number of aliphatic hydroxyl groups is 1. The van der Waals surface area contributed by atoms with E-state index in [0.29, 0.717) is 23.6 Å². The number of nitrogens with one attached hydrogen (secondary N) is 1. The third-order valence-electron chi connectivity index (χ3n) is 3.20. The van der Waals surface area contributed by atoms with Crippen molar-refractivity contribution in [3.63, 3.8) is 0 Å². The van der Waals surface area contributed by atoms with E-state index in [1.165, 1.54) is 0 Å². The summed E-state index contributed by atoms with van der Waals surface area (Å²) in [6, 6.07) is 1.69. The van der Waals surface area contributed by atoms with Crippen LogP contribution in [0.1, 0.15) is 19.8 Å². The van der Waals surface area contributed by atoms with Crippen LogP contribution in [0.3, 0.4) is 0 Å². The second kappa shape index (κ2) is 5.75. The van der Waals surface area contributed by atoms with Crippen LogP contribution in [0, 0.1) is 0 Å². The van der Waals surface area contributed by atoms with Gasteiger partial charge in [0.05, 0.1) is 12.7 Å². The lowest BCUT2D eigenvalue weighted by atomic mass is 9.79. The fourth-order valence-corrected chi connectivity index (χ4v) is 3.21. The SMILES string of the molecule is CCSC1CCC1(O)CNc1nccc(OC)n1. The van der Waals surface area contributed by atoms with E-state index in [0.717, 1.165) is 18.6 Å². The molecule has 0 aromatic carbocycles. The van der Waals surface area contributed by atoms with Gasteiger partial charge in [0, 0.05) is 24.1 Å². The van der Waals surface area contributed by atoms with Gasteiger partial charge >= 0.3 is 0 Å². The number of methoxy groups -OCH3 is 1. The molecule has 1 heterocycles. The van der Waals surface area contributed by atoms with Crippen LogP contribution < -0.4 is 10.1 Å². The molecule has 0 bridgehead atoms. The number of hydrogen-bond donors (Lipinski definition) is 2. The minimum Gasteiger partial charge on any atom is -0.481 e. The summed E-state index contributed by atoms with van der Waals surface area (Å²) in [5, 5.41) is 13.8. The average molecular weight is 269 g/mol. The van der Waals surface area contributed by atoms with E-state index >= 15 is 0 Å². The number of thioether (sulfide) groups is 1. The number of nitrogens with zero attached hydrogens (tertiary/aromatic N) is 2. The molecule has 6 heteroatoms. The molecule has 1 saturated carbocycles. The second-order valence-corrected chi connectivity index (χ2v) is 5.84. The minimum absolute atomic E-state index is 0.320. The molecule has 18 heavy (non-hydrogen) atoms. The Morgan fingerprint density at radius 3 is 3.11 bits per heavy atom. The smallest absolute Gasteiger partial charge is 0.226 e. The molecule has 0 radical (unpaired) electrons. The zero-order valence-corrected chi connectivity index (χ0v) is 11.5. The van der Waals surface area contributed by atoms with E-state index in [1.54, 1.807) is 19.4 Å². The molecule has 1 aliphatic carbocycles. The molecular formula is C12H19N3O2S. The normalized spacial score (nSPS) is 26.5. The molecule has 0 aliphatic heterocycles. The highest BCUT2D eigenvalue weighted by atomic mass is 32.2. The lowest BCUT2D eigenvalue weighted by molar-refractivity contribution is -0.0121. The van der Waals surface area contributed by atoms with Crippen molar-refractivity contribution in [2.75, 3.05) is 24.7 Å². The van der Waals surface area contributed by atoms with Crippen molar-refractivity contribution in [3.8, 4) is 5.88 Å². The summed E-state index contributed by atoms with van der Waals surface area (Å²) in [6.45, 7) is 2.60. The van der Waals surface area contributed by atoms with Crippen molar-refractivity contribution in [2.24, 2.45) is 0 Å². The summed E-state index contributed by atoms with van der Waals surface area (Å²) in [5.74, 6) is 2.05. The molecule has 100 valence electrons. The minimum atomic E-state index is -0.632. The Kier molecular flexibility index (Phi) is 4.29. The Morgan fingerprint density at radius 1 is 1.67 bits per heavy atom. The van der Waals surface area contributed by atoms with Gasteiger partial charge < -0.3 is 15.2 Å². The fourth-order valence-electron chi connectivity index (χ4n) is 2.01. The van der Waals surface area contributed by atoms with Crippen LogP contribution in [0.15, 0.2) is 12.3 Å². The van der Waals surface area contributed by atoms with Gasteiger partial charge in [-0.3, -0.25) is 0 Å². The quantitative estimate of drug-likeness (QED) is 0.816. The lowest BCUT2D eigenvalue weighted by Crippen LogP contribution is -2.54. The van der Waals surface area contributed by atoms with Gasteiger partial charge in [-0.25, -0.2) is 4.98 Å². The van der Waals surface area contributed by atoms with E-state index in [4.69, 9.17) is 4.74 Å². The highest BCUT2D eigenvalue weighted by Gasteiger charge is 2.45. The second-order valence-electron chi connectivity index (χ2n) is 4.36. The van der Waals surface area contributed by atoms with Gasteiger partial charge in [-0.15, -0.1) is 0 Å². The summed E-state index contributed by atoms with van der Waals surface area (Å²) >= 11 is 1.81. The van der Waals surface area contributed by atoms with Crippen LogP contribution in [0.2, 0.25) is 0 Å². The third-order valence-corrected chi connectivity index (χ3v) is 4.61. The van der Waals surface area contributed by atoms with E-state index in [1.807, 2.05) is 11.8 Å².